The van der Waals surface area contributed by atoms with Gasteiger partial charge in [-0.1, -0.05) is 36.4 Å². The van der Waals surface area contributed by atoms with Gasteiger partial charge in [0.05, 0.1) is 0 Å². The summed E-state index contributed by atoms with van der Waals surface area (Å²) in [6.45, 7) is 0.858. The number of fused-ring (bicyclic) bond motifs is 3. The molecule has 4 heteroatoms. The largest absolute Gasteiger partial charge is 0.374 e. The second-order valence-electron chi connectivity index (χ2n) is 6.10. The molecule has 0 saturated heterocycles. The van der Waals surface area contributed by atoms with E-state index in [0.717, 1.165) is 46.6 Å². The van der Waals surface area contributed by atoms with Gasteiger partial charge in [0.2, 0.25) is 0 Å². The second kappa shape index (κ2) is 7.35. The molecule has 0 saturated carbocycles. The third-order valence-corrected chi connectivity index (χ3v) is 4.58. The monoisotopic (exact) mass is 442 g/mol. The van der Waals surface area contributed by atoms with E-state index in [-0.39, 0.29) is 29.8 Å². The minimum absolute atomic E-state index is 0. The average Bonchev–Trinajstić information content (AvgIpc) is 2.93. The molecule has 2 aromatic carbocycles. The lowest BCUT2D eigenvalue weighted by atomic mass is 10.1. The standard InChI is InChI=1S/C21H18N2O.HI/c1-23(13-11-15-6-4-5-12-22-15)16-9-10-18-17-7-2-3-8-19(17)21(24)20(18)14-16;/h2-10,12,14H,11,13H2,1H3;1H. The fourth-order valence-electron chi connectivity index (χ4n) is 3.21. The van der Waals surface area contributed by atoms with Crippen LogP contribution in [0.4, 0.5) is 5.69 Å². The average molecular weight is 442 g/mol. The van der Waals surface area contributed by atoms with Gasteiger partial charge in [0.15, 0.2) is 5.78 Å². The fraction of sp³-hybridized carbons (Fsp3) is 0.143. The van der Waals surface area contributed by atoms with Crippen molar-refractivity contribution in [2.75, 3.05) is 18.5 Å². The van der Waals surface area contributed by atoms with Crippen LogP contribution in [0.2, 0.25) is 0 Å². The summed E-state index contributed by atoms with van der Waals surface area (Å²) >= 11 is 0. The van der Waals surface area contributed by atoms with Crippen LogP contribution in [0.3, 0.4) is 0 Å². The molecule has 0 spiro atoms. The van der Waals surface area contributed by atoms with Crippen LogP contribution >= 0.6 is 24.0 Å². The molecule has 0 radical (unpaired) electrons. The van der Waals surface area contributed by atoms with Gasteiger partial charge in [-0.3, -0.25) is 9.78 Å². The zero-order chi connectivity index (χ0) is 16.5. The topological polar surface area (TPSA) is 33.2 Å². The van der Waals surface area contributed by atoms with Crippen LogP contribution in [0.1, 0.15) is 21.6 Å². The van der Waals surface area contributed by atoms with E-state index >= 15 is 0 Å². The van der Waals surface area contributed by atoms with Crippen molar-refractivity contribution >= 4 is 35.4 Å². The Bertz CT molecular complexity index is 909. The molecular weight excluding hydrogens is 423 g/mol. The van der Waals surface area contributed by atoms with Crippen molar-refractivity contribution in [3.63, 3.8) is 0 Å². The molecule has 0 N–H and O–H groups in total. The zero-order valence-electron chi connectivity index (χ0n) is 14.0. The highest BCUT2D eigenvalue weighted by atomic mass is 127. The van der Waals surface area contributed by atoms with E-state index in [1.165, 1.54) is 0 Å². The predicted molar refractivity (Wildman–Crippen MR) is 112 cm³/mol. The molecule has 126 valence electrons. The Morgan fingerprint density at radius 2 is 1.60 bits per heavy atom. The number of carbonyl (C=O) groups is 1. The highest BCUT2D eigenvalue weighted by Crippen LogP contribution is 2.38. The van der Waals surface area contributed by atoms with Gasteiger partial charge in [-0.25, -0.2) is 0 Å². The van der Waals surface area contributed by atoms with Gasteiger partial charge in [-0.05, 0) is 35.4 Å². The number of pyridine rings is 1. The molecule has 0 unspecified atom stereocenters. The smallest absolute Gasteiger partial charge is 0.194 e. The number of carbonyl (C=O) groups excluding carboxylic acids is 1. The number of hydrogen-bond donors (Lipinski definition) is 0. The Hall–Kier alpha value is -2.21. The number of likely N-dealkylation sites (N-methyl/N-ethyl adjacent to an activating group) is 1. The molecule has 1 aliphatic carbocycles. The lowest BCUT2D eigenvalue weighted by Gasteiger charge is -2.20. The first-order valence-corrected chi connectivity index (χ1v) is 8.13. The van der Waals surface area contributed by atoms with Crippen molar-refractivity contribution in [1.29, 1.82) is 0 Å². The van der Waals surface area contributed by atoms with Crippen molar-refractivity contribution in [3.8, 4) is 11.1 Å². The highest BCUT2D eigenvalue weighted by Gasteiger charge is 2.26. The molecule has 1 aromatic heterocycles. The van der Waals surface area contributed by atoms with Gasteiger partial charge in [-0.15, -0.1) is 24.0 Å². The minimum Gasteiger partial charge on any atom is -0.374 e. The molecule has 3 aromatic rings. The lowest BCUT2D eigenvalue weighted by molar-refractivity contribution is 0.104. The maximum Gasteiger partial charge on any atom is 0.194 e. The maximum atomic E-state index is 12.6. The minimum atomic E-state index is 0. The molecule has 0 fully saturated rings. The summed E-state index contributed by atoms with van der Waals surface area (Å²) in [6.07, 6.45) is 2.70. The molecule has 0 bridgehead atoms. The molecule has 0 atom stereocenters. The molecule has 0 amide bonds. The number of benzene rings is 2. The Labute approximate surface area is 164 Å². The summed E-state index contributed by atoms with van der Waals surface area (Å²) in [5.74, 6) is 0.126. The van der Waals surface area contributed by atoms with Crippen molar-refractivity contribution in [2.45, 2.75) is 6.42 Å². The zero-order valence-corrected chi connectivity index (χ0v) is 16.3. The third-order valence-electron chi connectivity index (χ3n) is 4.58. The molecule has 3 nitrogen and oxygen atoms in total. The summed E-state index contributed by atoms with van der Waals surface area (Å²) in [5, 5.41) is 0. The fourth-order valence-corrected chi connectivity index (χ4v) is 3.21. The van der Waals surface area contributed by atoms with Crippen molar-refractivity contribution < 1.29 is 4.79 Å². The van der Waals surface area contributed by atoms with Crippen LogP contribution in [0, 0.1) is 0 Å². The molecule has 1 aliphatic rings. The summed E-state index contributed by atoms with van der Waals surface area (Å²) in [6, 6.07) is 20.0. The third kappa shape index (κ3) is 3.31. The number of aromatic nitrogens is 1. The van der Waals surface area contributed by atoms with Crippen LogP contribution in [0.15, 0.2) is 66.9 Å². The summed E-state index contributed by atoms with van der Waals surface area (Å²) in [5.41, 5.74) is 5.83. The molecule has 0 aliphatic heterocycles. The number of hydrogen-bond acceptors (Lipinski definition) is 3. The number of nitrogens with zero attached hydrogens (tertiary/aromatic N) is 2. The van der Waals surface area contributed by atoms with Crippen LogP contribution in [0.5, 0.6) is 0 Å². The number of ketones is 1. The van der Waals surface area contributed by atoms with Crippen LogP contribution in [0.25, 0.3) is 11.1 Å². The highest BCUT2D eigenvalue weighted by molar-refractivity contribution is 14.0. The van der Waals surface area contributed by atoms with Crippen molar-refractivity contribution in [2.24, 2.45) is 0 Å². The predicted octanol–water partition coefficient (Wildman–Crippen LogP) is 4.59. The quantitative estimate of drug-likeness (QED) is 0.434. The van der Waals surface area contributed by atoms with Gasteiger partial charge >= 0.3 is 0 Å². The van der Waals surface area contributed by atoms with E-state index in [2.05, 4.69) is 29.1 Å². The van der Waals surface area contributed by atoms with Crippen molar-refractivity contribution in [3.05, 3.63) is 83.7 Å². The molecule has 4 rings (SSSR count). The van der Waals surface area contributed by atoms with E-state index in [1.54, 1.807) is 0 Å². The summed E-state index contributed by atoms with van der Waals surface area (Å²) in [7, 11) is 2.05. The van der Waals surface area contributed by atoms with E-state index in [1.807, 2.05) is 54.7 Å². The summed E-state index contributed by atoms with van der Waals surface area (Å²) in [4.78, 5) is 19.1. The van der Waals surface area contributed by atoms with E-state index in [0.29, 0.717) is 0 Å². The lowest BCUT2D eigenvalue weighted by Crippen LogP contribution is -2.20. The number of anilines is 1. The molecular formula is C21H19IN2O. The summed E-state index contributed by atoms with van der Waals surface area (Å²) < 4.78 is 0. The van der Waals surface area contributed by atoms with Gasteiger partial charge in [0, 0.05) is 48.7 Å². The van der Waals surface area contributed by atoms with E-state index < -0.39 is 0 Å². The Balaban J connectivity index is 0.00000182. The first-order chi connectivity index (χ1) is 11.7. The Kier molecular flexibility index (Phi) is 5.18. The van der Waals surface area contributed by atoms with Crippen LogP contribution in [-0.4, -0.2) is 24.4 Å². The second-order valence-corrected chi connectivity index (χ2v) is 6.10. The van der Waals surface area contributed by atoms with E-state index in [9.17, 15) is 4.79 Å². The Morgan fingerprint density at radius 1 is 0.880 bits per heavy atom. The number of rotatable bonds is 4. The SMILES string of the molecule is CN(CCc1ccccn1)c1ccc2c(c1)C(=O)c1ccccc1-2.I. The van der Waals surface area contributed by atoms with Crippen LogP contribution < -0.4 is 4.90 Å². The van der Waals surface area contributed by atoms with Crippen molar-refractivity contribution in [1.82, 2.24) is 4.98 Å². The molecule has 25 heavy (non-hydrogen) atoms. The van der Waals surface area contributed by atoms with Gasteiger partial charge < -0.3 is 4.90 Å². The normalized spacial score (nSPS) is 11.5. The first kappa shape index (κ1) is 17.6. The van der Waals surface area contributed by atoms with Gasteiger partial charge in [0.1, 0.15) is 0 Å². The first-order valence-electron chi connectivity index (χ1n) is 8.13. The van der Waals surface area contributed by atoms with Gasteiger partial charge in [0.25, 0.3) is 0 Å². The molecule has 1 heterocycles. The van der Waals surface area contributed by atoms with E-state index in [4.69, 9.17) is 0 Å². The number of halogens is 1. The maximum absolute atomic E-state index is 12.6. The Morgan fingerprint density at radius 3 is 2.36 bits per heavy atom. The van der Waals surface area contributed by atoms with Crippen LogP contribution in [-0.2, 0) is 6.42 Å². The van der Waals surface area contributed by atoms with Gasteiger partial charge in [-0.2, -0.15) is 0 Å².